The molecule has 1 aliphatic heterocycles. The monoisotopic (exact) mass is 494 g/mol. The number of aromatic amines is 1. The van der Waals surface area contributed by atoms with Crippen molar-refractivity contribution in [3.05, 3.63) is 57.5 Å². The molecule has 0 bridgehead atoms. The molecule has 0 spiro atoms. The molecule has 3 aromatic rings. The molecule has 4 rings (SSSR count). The minimum atomic E-state index is -0.974. The van der Waals surface area contributed by atoms with Crippen molar-refractivity contribution in [2.45, 2.75) is 53.3 Å². The topological polar surface area (TPSA) is 107 Å². The first kappa shape index (κ1) is 25.2. The van der Waals surface area contributed by atoms with E-state index in [-0.39, 0.29) is 5.91 Å². The van der Waals surface area contributed by atoms with E-state index >= 15 is 0 Å². The van der Waals surface area contributed by atoms with Crippen molar-refractivity contribution in [2.75, 3.05) is 13.1 Å². The van der Waals surface area contributed by atoms with Gasteiger partial charge in [0, 0.05) is 17.0 Å². The number of amides is 1. The number of aliphatic hydroxyl groups is 1. The molecule has 1 unspecified atom stereocenters. The molecule has 2 aromatic heterocycles. The Balaban J connectivity index is 1.63. The summed E-state index contributed by atoms with van der Waals surface area (Å²) in [5.41, 5.74) is 3.36. The quantitative estimate of drug-likeness (QED) is 0.400. The fraction of sp³-hybridized carbons (Fsp3) is 0.462. The number of fused-ring (bicyclic) bond motifs is 1. The van der Waals surface area contributed by atoms with Crippen LogP contribution in [0.2, 0.25) is 0 Å². The number of imidazole rings is 1. The molecule has 0 aliphatic carbocycles. The fourth-order valence-electron chi connectivity index (χ4n) is 3.83. The summed E-state index contributed by atoms with van der Waals surface area (Å²) in [4.78, 5) is 22.3. The lowest BCUT2D eigenvalue weighted by Crippen LogP contribution is -2.32. The lowest BCUT2D eigenvalue weighted by molar-refractivity contribution is 0.0612. The first-order valence-electron chi connectivity index (χ1n) is 12.0. The van der Waals surface area contributed by atoms with Gasteiger partial charge in [-0.1, -0.05) is 26.8 Å². The zero-order valence-corrected chi connectivity index (χ0v) is 21.8. The highest BCUT2D eigenvalue weighted by molar-refractivity contribution is 7.15. The van der Waals surface area contributed by atoms with Gasteiger partial charge in [-0.3, -0.25) is 4.79 Å². The average Bonchev–Trinajstić information content (AvgIpc) is 3.53. The number of carbonyl (C=O) groups excluding carboxylic acids is 1. The van der Waals surface area contributed by atoms with E-state index in [4.69, 9.17) is 0 Å². The Morgan fingerprint density at radius 1 is 1.29 bits per heavy atom. The van der Waals surface area contributed by atoms with Gasteiger partial charge in [0.25, 0.3) is 5.91 Å². The van der Waals surface area contributed by atoms with Crippen LogP contribution in [0.15, 0.2) is 51.8 Å². The van der Waals surface area contributed by atoms with Gasteiger partial charge in [0.15, 0.2) is 0 Å². The van der Waals surface area contributed by atoms with Crippen LogP contribution < -0.4 is 10.9 Å². The molecule has 1 aliphatic rings. The Morgan fingerprint density at radius 3 is 2.77 bits per heavy atom. The molecule has 0 fully saturated rings. The molecule has 186 valence electrons. The third kappa shape index (κ3) is 6.22. The number of nitrogens with zero attached hydrogens (tertiary/aromatic N) is 4. The standard InChI is InChI=1S/C26H34N6O2S/c1-16(2)17(3)11-27-12-18-6-7-21-20(10-18)30-25(32(21)15-26(4,5)34)31-24(33)23-9-8-22(35-23)19-13-28-29-14-19/h6-10,13,16-17,27,34H,11-12,14-15H2,1-5H3,(H,30,31,33). The largest absolute Gasteiger partial charge is 0.389 e. The number of nitrogens with one attached hydrogen (secondary N) is 2. The second-order valence-corrected chi connectivity index (χ2v) is 11.3. The minimum Gasteiger partial charge on any atom is -0.389 e. The Morgan fingerprint density at radius 2 is 2.09 bits per heavy atom. The maximum absolute atomic E-state index is 13.0. The Hall–Kier alpha value is -2.88. The number of benzene rings is 1. The summed E-state index contributed by atoms with van der Waals surface area (Å²) in [7, 11) is 0. The van der Waals surface area contributed by atoms with Gasteiger partial charge in [-0.2, -0.15) is 15.2 Å². The van der Waals surface area contributed by atoms with E-state index in [1.54, 1.807) is 26.1 Å². The lowest BCUT2D eigenvalue weighted by atomic mass is 9.98. The van der Waals surface area contributed by atoms with Gasteiger partial charge in [0.05, 0.1) is 40.8 Å². The van der Waals surface area contributed by atoms with Crippen molar-refractivity contribution in [3.63, 3.8) is 0 Å². The molecule has 0 radical (unpaired) electrons. The van der Waals surface area contributed by atoms with Gasteiger partial charge in [0.2, 0.25) is 5.62 Å². The predicted molar refractivity (Wildman–Crippen MR) is 140 cm³/mol. The van der Waals surface area contributed by atoms with Gasteiger partial charge in [-0.05, 0) is 62.1 Å². The molecule has 0 saturated carbocycles. The number of aromatic nitrogens is 2. The van der Waals surface area contributed by atoms with Crippen LogP contribution >= 0.6 is 11.3 Å². The van der Waals surface area contributed by atoms with E-state index < -0.39 is 5.60 Å². The van der Waals surface area contributed by atoms with Crippen LogP contribution in [0.4, 0.5) is 0 Å². The first-order valence-corrected chi connectivity index (χ1v) is 12.8. The van der Waals surface area contributed by atoms with Crippen molar-refractivity contribution in [1.82, 2.24) is 14.9 Å². The molecule has 1 atom stereocenters. The summed E-state index contributed by atoms with van der Waals surface area (Å²) in [6.07, 6.45) is 1.72. The van der Waals surface area contributed by atoms with E-state index in [9.17, 15) is 9.90 Å². The molecule has 9 heteroatoms. The van der Waals surface area contributed by atoms with Gasteiger partial charge < -0.3 is 20.0 Å². The third-order valence-electron chi connectivity index (χ3n) is 6.21. The molecule has 1 amide bonds. The molecule has 1 aromatic carbocycles. The summed E-state index contributed by atoms with van der Waals surface area (Å²) in [6, 6.07) is 9.87. The highest BCUT2D eigenvalue weighted by Gasteiger charge is 2.19. The number of H-pyrrole nitrogens is 1. The van der Waals surface area contributed by atoms with Crippen LogP contribution in [0.3, 0.4) is 0 Å². The summed E-state index contributed by atoms with van der Waals surface area (Å²) in [5, 5.41) is 21.9. The van der Waals surface area contributed by atoms with Crippen LogP contribution in [0, 0.1) is 11.8 Å². The number of azo groups is 1. The minimum absolute atomic E-state index is 0.300. The molecule has 0 saturated heterocycles. The Labute approximate surface area is 209 Å². The van der Waals surface area contributed by atoms with Crippen LogP contribution in [-0.4, -0.2) is 39.3 Å². The number of hydrogen-bond acceptors (Lipinski definition) is 6. The molecule has 3 N–H and O–H groups in total. The smallest absolute Gasteiger partial charge is 0.290 e. The van der Waals surface area contributed by atoms with Crippen molar-refractivity contribution in [1.29, 1.82) is 0 Å². The summed E-state index contributed by atoms with van der Waals surface area (Å²) >= 11 is 1.39. The molecular weight excluding hydrogens is 460 g/mol. The first-order chi connectivity index (χ1) is 16.6. The van der Waals surface area contributed by atoms with Crippen molar-refractivity contribution in [3.8, 4) is 0 Å². The zero-order valence-electron chi connectivity index (χ0n) is 21.0. The second-order valence-electron chi connectivity index (χ2n) is 10.2. The fourth-order valence-corrected chi connectivity index (χ4v) is 4.72. The van der Waals surface area contributed by atoms with Crippen LogP contribution in [0.25, 0.3) is 16.6 Å². The van der Waals surface area contributed by atoms with E-state index in [2.05, 4.69) is 58.4 Å². The highest BCUT2D eigenvalue weighted by Crippen LogP contribution is 2.27. The average molecular weight is 495 g/mol. The second kappa shape index (κ2) is 10.4. The maximum Gasteiger partial charge on any atom is 0.290 e. The molecule has 8 nitrogen and oxygen atoms in total. The molecule has 35 heavy (non-hydrogen) atoms. The van der Waals surface area contributed by atoms with Crippen molar-refractivity contribution >= 4 is 33.9 Å². The SMILES string of the molecule is CC(C)C(C)CNCc1ccc2c(c1)[nH]/c(=N\C(=O)c1ccc(C3=CN=NC3)s1)n2CC(C)(C)O. The maximum atomic E-state index is 13.0. The number of thiophene rings is 1. The van der Waals surface area contributed by atoms with Crippen LogP contribution in [0.5, 0.6) is 0 Å². The summed E-state index contributed by atoms with van der Waals surface area (Å²) < 4.78 is 1.87. The van der Waals surface area contributed by atoms with Gasteiger partial charge in [-0.25, -0.2) is 0 Å². The van der Waals surface area contributed by atoms with E-state index in [1.165, 1.54) is 11.3 Å². The summed E-state index contributed by atoms with van der Waals surface area (Å²) in [5.74, 6) is 0.908. The molecule has 3 heterocycles. The normalized spacial score (nSPS) is 15.4. The van der Waals surface area contributed by atoms with Gasteiger partial charge in [0.1, 0.15) is 0 Å². The van der Waals surface area contributed by atoms with Crippen molar-refractivity contribution in [2.24, 2.45) is 27.1 Å². The third-order valence-corrected chi connectivity index (χ3v) is 7.36. The zero-order chi connectivity index (χ0) is 25.2. The van der Waals surface area contributed by atoms with Gasteiger partial charge >= 0.3 is 0 Å². The Kier molecular flexibility index (Phi) is 7.49. The number of rotatable bonds is 9. The molecular formula is C26H34N6O2S. The predicted octanol–water partition coefficient (Wildman–Crippen LogP) is 4.73. The van der Waals surface area contributed by atoms with Crippen molar-refractivity contribution < 1.29 is 9.90 Å². The van der Waals surface area contributed by atoms with Crippen LogP contribution in [-0.2, 0) is 13.1 Å². The van der Waals surface area contributed by atoms with Crippen LogP contribution in [0.1, 0.15) is 54.7 Å². The highest BCUT2D eigenvalue weighted by atomic mass is 32.1. The number of hydrogen-bond donors (Lipinski definition) is 3. The summed E-state index contributed by atoms with van der Waals surface area (Å²) in [6.45, 7) is 12.8. The van der Waals surface area contributed by atoms with Gasteiger partial charge in [-0.15, -0.1) is 11.3 Å². The number of carbonyl (C=O) groups is 1. The van der Waals surface area contributed by atoms with E-state index in [0.29, 0.717) is 35.4 Å². The van der Waals surface area contributed by atoms with E-state index in [0.717, 1.165) is 40.1 Å². The Bertz CT molecular complexity index is 1340. The van der Waals surface area contributed by atoms with E-state index in [1.807, 2.05) is 16.7 Å². The lowest BCUT2D eigenvalue weighted by Gasteiger charge is -2.18.